The Morgan fingerprint density at radius 1 is 0.947 bits per heavy atom. The van der Waals surface area contributed by atoms with Crippen molar-refractivity contribution in [2.45, 2.75) is 84.5 Å². The average molecular weight is 268 g/mol. The Morgan fingerprint density at radius 3 is 2.32 bits per heavy atom. The summed E-state index contributed by atoms with van der Waals surface area (Å²) in [6, 6.07) is 0. The molecule has 2 saturated carbocycles. The first-order chi connectivity index (χ1) is 8.97. The van der Waals surface area contributed by atoms with Crippen LogP contribution >= 0.6 is 0 Å². The summed E-state index contributed by atoms with van der Waals surface area (Å²) >= 11 is 0. The van der Waals surface area contributed by atoms with Crippen molar-refractivity contribution in [3.63, 3.8) is 0 Å². The summed E-state index contributed by atoms with van der Waals surface area (Å²) in [6.45, 7) is 9.28. The summed E-state index contributed by atoms with van der Waals surface area (Å²) in [5.74, 6) is 3.04. The first-order valence-corrected chi connectivity index (χ1v) is 8.30. The molecule has 0 aromatic rings. The van der Waals surface area contributed by atoms with E-state index >= 15 is 0 Å². The van der Waals surface area contributed by atoms with Gasteiger partial charge in [0.05, 0.1) is 18.3 Å². The van der Waals surface area contributed by atoms with Crippen LogP contribution in [0, 0.1) is 23.7 Å². The van der Waals surface area contributed by atoms with Gasteiger partial charge < -0.3 is 9.84 Å². The molecule has 0 saturated heterocycles. The van der Waals surface area contributed by atoms with Gasteiger partial charge in [-0.1, -0.05) is 27.7 Å². The number of hydrogen-bond acceptors (Lipinski definition) is 2. The Labute approximate surface area is 118 Å². The fraction of sp³-hybridized carbons (Fsp3) is 1.00. The van der Waals surface area contributed by atoms with E-state index in [1.54, 1.807) is 0 Å². The van der Waals surface area contributed by atoms with Gasteiger partial charge in [-0.05, 0) is 62.2 Å². The van der Waals surface area contributed by atoms with Gasteiger partial charge in [-0.25, -0.2) is 0 Å². The van der Waals surface area contributed by atoms with Gasteiger partial charge in [0.25, 0.3) is 0 Å². The van der Waals surface area contributed by atoms with Crippen LogP contribution in [0.25, 0.3) is 0 Å². The Hall–Kier alpha value is -0.0800. The molecular formula is C17H32O2. The van der Waals surface area contributed by atoms with E-state index in [0.717, 1.165) is 37.0 Å². The number of aliphatic hydroxyl groups excluding tert-OH is 1. The Bertz CT molecular complexity index is 276. The van der Waals surface area contributed by atoms with Crippen molar-refractivity contribution in [3.05, 3.63) is 0 Å². The third kappa shape index (κ3) is 3.95. The summed E-state index contributed by atoms with van der Waals surface area (Å²) in [6.07, 6.45) is 7.02. The predicted octanol–water partition coefficient (Wildman–Crippen LogP) is 4.01. The first-order valence-electron chi connectivity index (χ1n) is 8.30. The van der Waals surface area contributed by atoms with Gasteiger partial charge in [0.1, 0.15) is 0 Å². The minimum Gasteiger partial charge on any atom is -0.390 e. The van der Waals surface area contributed by atoms with Crippen LogP contribution in [0.2, 0.25) is 0 Å². The maximum Gasteiger partial charge on any atom is 0.0840 e. The van der Waals surface area contributed by atoms with Crippen molar-refractivity contribution < 1.29 is 9.84 Å². The SMILES string of the molecule is CC(C)C1CCC(O)C(OC2CCC(C)C(C)C2)C1. The van der Waals surface area contributed by atoms with Gasteiger partial charge >= 0.3 is 0 Å². The van der Waals surface area contributed by atoms with Crippen molar-refractivity contribution in [1.82, 2.24) is 0 Å². The van der Waals surface area contributed by atoms with Crippen molar-refractivity contribution in [3.8, 4) is 0 Å². The van der Waals surface area contributed by atoms with Gasteiger partial charge in [0, 0.05) is 0 Å². The molecule has 1 N–H and O–H groups in total. The lowest BCUT2D eigenvalue weighted by Gasteiger charge is -2.39. The molecule has 0 bridgehead atoms. The fourth-order valence-corrected chi connectivity index (χ4v) is 3.76. The summed E-state index contributed by atoms with van der Waals surface area (Å²) in [7, 11) is 0. The highest BCUT2D eigenvalue weighted by molar-refractivity contribution is 4.84. The van der Waals surface area contributed by atoms with E-state index in [4.69, 9.17) is 4.74 Å². The third-order valence-corrected chi connectivity index (χ3v) is 5.66. The zero-order valence-electron chi connectivity index (χ0n) is 13.1. The molecule has 2 nitrogen and oxygen atoms in total. The van der Waals surface area contributed by atoms with E-state index in [2.05, 4.69) is 27.7 Å². The van der Waals surface area contributed by atoms with Crippen LogP contribution < -0.4 is 0 Å². The topological polar surface area (TPSA) is 29.5 Å². The molecule has 2 fully saturated rings. The maximum absolute atomic E-state index is 10.2. The second-order valence-corrected chi connectivity index (χ2v) is 7.45. The van der Waals surface area contributed by atoms with Gasteiger partial charge in [-0.3, -0.25) is 0 Å². The standard InChI is InChI=1S/C17H32O2/c1-11(2)14-6-8-16(18)17(10-14)19-15-7-5-12(3)13(4)9-15/h11-18H,5-10H2,1-4H3. The molecule has 2 rings (SSSR count). The molecule has 2 aliphatic rings. The molecule has 6 atom stereocenters. The van der Waals surface area contributed by atoms with E-state index in [1.807, 2.05) is 0 Å². The highest BCUT2D eigenvalue weighted by Crippen LogP contribution is 2.36. The predicted molar refractivity (Wildman–Crippen MR) is 79.0 cm³/mol. The highest BCUT2D eigenvalue weighted by atomic mass is 16.5. The van der Waals surface area contributed by atoms with Crippen LogP contribution in [-0.2, 0) is 4.74 Å². The molecule has 6 unspecified atom stereocenters. The lowest BCUT2D eigenvalue weighted by molar-refractivity contribution is -0.123. The zero-order valence-corrected chi connectivity index (χ0v) is 13.1. The smallest absolute Gasteiger partial charge is 0.0840 e. The number of rotatable bonds is 3. The molecule has 0 aromatic carbocycles. The molecule has 2 heteroatoms. The lowest BCUT2D eigenvalue weighted by atomic mass is 9.78. The van der Waals surface area contributed by atoms with E-state index < -0.39 is 0 Å². The van der Waals surface area contributed by atoms with Crippen LogP contribution in [-0.4, -0.2) is 23.4 Å². The largest absolute Gasteiger partial charge is 0.390 e. The molecule has 0 amide bonds. The first kappa shape index (κ1) is 15.3. The van der Waals surface area contributed by atoms with Crippen LogP contribution in [0.5, 0.6) is 0 Å². The van der Waals surface area contributed by atoms with Gasteiger partial charge in [-0.15, -0.1) is 0 Å². The number of hydrogen-bond donors (Lipinski definition) is 1. The minimum atomic E-state index is -0.232. The second-order valence-electron chi connectivity index (χ2n) is 7.45. The molecule has 112 valence electrons. The average Bonchev–Trinajstić information content (AvgIpc) is 2.36. The van der Waals surface area contributed by atoms with Crippen molar-refractivity contribution in [1.29, 1.82) is 0 Å². The summed E-state index contributed by atoms with van der Waals surface area (Å²) in [5, 5.41) is 10.2. The van der Waals surface area contributed by atoms with E-state index in [-0.39, 0.29) is 12.2 Å². The highest BCUT2D eigenvalue weighted by Gasteiger charge is 2.34. The Balaban J connectivity index is 1.86. The summed E-state index contributed by atoms with van der Waals surface area (Å²) in [5.41, 5.74) is 0. The molecule has 0 radical (unpaired) electrons. The second kappa shape index (κ2) is 6.58. The van der Waals surface area contributed by atoms with E-state index in [0.29, 0.717) is 12.0 Å². The third-order valence-electron chi connectivity index (χ3n) is 5.66. The summed E-state index contributed by atoms with van der Waals surface area (Å²) < 4.78 is 6.29. The Morgan fingerprint density at radius 2 is 1.68 bits per heavy atom. The normalized spacial score (nSPS) is 44.5. The molecule has 0 spiro atoms. The maximum atomic E-state index is 10.2. The van der Waals surface area contributed by atoms with Crippen molar-refractivity contribution in [2.24, 2.45) is 23.7 Å². The minimum absolute atomic E-state index is 0.0896. The number of ether oxygens (including phenoxy) is 1. The molecule has 0 heterocycles. The zero-order chi connectivity index (χ0) is 14.0. The van der Waals surface area contributed by atoms with Crippen molar-refractivity contribution in [2.75, 3.05) is 0 Å². The fourth-order valence-electron chi connectivity index (χ4n) is 3.76. The number of aliphatic hydroxyl groups is 1. The van der Waals surface area contributed by atoms with Crippen LogP contribution in [0.1, 0.15) is 66.2 Å². The van der Waals surface area contributed by atoms with Crippen LogP contribution in [0.15, 0.2) is 0 Å². The van der Waals surface area contributed by atoms with Gasteiger partial charge in [0.2, 0.25) is 0 Å². The summed E-state index contributed by atoms with van der Waals surface area (Å²) in [4.78, 5) is 0. The quantitative estimate of drug-likeness (QED) is 0.838. The van der Waals surface area contributed by atoms with E-state index in [9.17, 15) is 5.11 Å². The molecule has 0 aromatic heterocycles. The van der Waals surface area contributed by atoms with E-state index in [1.165, 1.54) is 19.3 Å². The van der Waals surface area contributed by atoms with Gasteiger partial charge in [-0.2, -0.15) is 0 Å². The van der Waals surface area contributed by atoms with Gasteiger partial charge in [0.15, 0.2) is 0 Å². The molecule has 2 aliphatic carbocycles. The molecule has 0 aliphatic heterocycles. The molecule has 19 heavy (non-hydrogen) atoms. The van der Waals surface area contributed by atoms with Crippen molar-refractivity contribution >= 4 is 0 Å². The molecular weight excluding hydrogens is 236 g/mol. The Kier molecular flexibility index (Phi) is 5.30. The lowest BCUT2D eigenvalue weighted by Crippen LogP contribution is -2.41. The van der Waals surface area contributed by atoms with Crippen LogP contribution in [0.4, 0.5) is 0 Å². The monoisotopic (exact) mass is 268 g/mol. The van der Waals surface area contributed by atoms with Crippen LogP contribution in [0.3, 0.4) is 0 Å².